The number of nitrogens with zero attached hydrogens (tertiary/aromatic N) is 2. The van der Waals surface area contributed by atoms with Crippen molar-refractivity contribution >= 4 is 11.8 Å². The standard InChI is InChI=1S/C13H21N3O2/c1-4-18-12(17)10-11(14)16(8-15-10)9-5-6-13(2,3)7-9/h8-9H,4-7,14H2,1-3H3. The van der Waals surface area contributed by atoms with Crippen LogP contribution in [-0.2, 0) is 4.74 Å². The molecule has 0 aromatic carbocycles. The first-order valence-electron chi connectivity index (χ1n) is 6.44. The number of anilines is 1. The van der Waals surface area contributed by atoms with Gasteiger partial charge in [-0.05, 0) is 31.6 Å². The van der Waals surface area contributed by atoms with Crippen LogP contribution in [0.1, 0.15) is 56.6 Å². The third kappa shape index (κ3) is 2.35. The van der Waals surface area contributed by atoms with Crippen molar-refractivity contribution in [2.75, 3.05) is 12.3 Å². The van der Waals surface area contributed by atoms with Gasteiger partial charge in [-0.1, -0.05) is 13.8 Å². The van der Waals surface area contributed by atoms with Gasteiger partial charge in [-0.2, -0.15) is 0 Å². The maximum atomic E-state index is 11.6. The Morgan fingerprint density at radius 3 is 2.94 bits per heavy atom. The van der Waals surface area contributed by atoms with Crippen LogP contribution in [0, 0.1) is 5.41 Å². The molecule has 1 aromatic rings. The third-order valence-corrected chi connectivity index (χ3v) is 3.64. The number of hydrogen-bond acceptors (Lipinski definition) is 4. The lowest BCUT2D eigenvalue weighted by molar-refractivity contribution is 0.0521. The van der Waals surface area contributed by atoms with E-state index in [1.54, 1.807) is 13.3 Å². The van der Waals surface area contributed by atoms with Gasteiger partial charge in [-0.15, -0.1) is 0 Å². The lowest BCUT2D eigenvalue weighted by atomic mass is 9.92. The number of hydrogen-bond donors (Lipinski definition) is 1. The van der Waals surface area contributed by atoms with E-state index in [9.17, 15) is 4.79 Å². The predicted octanol–water partition coefficient (Wildman–Crippen LogP) is 2.39. The summed E-state index contributed by atoms with van der Waals surface area (Å²) in [5.74, 6) is -0.0119. The minimum Gasteiger partial charge on any atom is -0.461 e. The maximum Gasteiger partial charge on any atom is 0.360 e. The Kier molecular flexibility index (Phi) is 3.32. The highest BCUT2D eigenvalue weighted by Crippen LogP contribution is 2.44. The molecule has 5 heteroatoms. The van der Waals surface area contributed by atoms with Crippen molar-refractivity contribution in [3.8, 4) is 0 Å². The molecule has 1 heterocycles. The Bertz CT molecular complexity index is 451. The Balaban J connectivity index is 2.19. The Morgan fingerprint density at radius 1 is 1.67 bits per heavy atom. The Hall–Kier alpha value is -1.52. The molecule has 0 saturated heterocycles. The zero-order chi connectivity index (χ0) is 13.3. The number of esters is 1. The van der Waals surface area contributed by atoms with E-state index < -0.39 is 5.97 Å². The monoisotopic (exact) mass is 251 g/mol. The molecular formula is C13H21N3O2. The first kappa shape index (κ1) is 12.9. The summed E-state index contributed by atoms with van der Waals surface area (Å²) in [7, 11) is 0. The molecule has 5 nitrogen and oxygen atoms in total. The van der Waals surface area contributed by atoms with E-state index in [-0.39, 0.29) is 5.69 Å². The predicted molar refractivity (Wildman–Crippen MR) is 69.3 cm³/mol. The number of imidazole rings is 1. The van der Waals surface area contributed by atoms with E-state index in [2.05, 4.69) is 18.8 Å². The fourth-order valence-electron chi connectivity index (χ4n) is 2.66. The number of carbonyl (C=O) groups excluding carboxylic acids is 1. The van der Waals surface area contributed by atoms with Crippen molar-refractivity contribution in [1.82, 2.24) is 9.55 Å². The second-order valence-corrected chi connectivity index (χ2v) is 5.67. The smallest absolute Gasteiger partial charge is 0.360 e. The van der Waals surface area contributed by atoms with Gasteiger partial charge in [0.15, 0.2) is 5.69 Å². The molecule has 1 atom stereocenters. The molecule has 1 fully saturated rings. The molecule has 18 heavy (non-hydrogen) atoms. The molecule has 1 unspecified atom stereocenters. The van der Waals surface area contributed by atoms with Crippen molar-refractivity contribution in [2.24, 2.45) is 5.41 Å². The summed E-state index contributed by atoms with van der Waals surface area (Å²) in [5, 5.41) is 0. The van der Waals surface area contributed by atoms with Crippen molar-refractivity contribution in [3.63, 3.8) is 0 Å². The number of nitrogen functional groups attached to an aromatic ring is 1. The molecule has 0 spiro atoms. The third-order valence-electron chi connectivity index (χ3n) is 3.64. The molecule has 1 saturated carbocycles. The van der Waals surface area contributed by atoms with Crippen molar-refractivity contribution in [2.45, 2.75) is 46.1 Å². The largest absolute Gasteiger partial charge is 0.461 e. The van der Waals surface area contributed by atoms with Crippen molar-refractivity contribution in [3.05, 3.63) is 12.0 Å². The van der Waals surface area contributed by atoms with Crippen LogP contribution < -0.4 is 5.73 Å². The number of aromatic nitrogens is 2. The lowest BCUT2D eigenvalue weighted by Gasteiger charge is -2.18. The first-order valence-corrected chi connectivity index (χ1v) is 6.44. The minimum atomic E-state index is -0.439. The van der Waals surface area contributed by atoms with Crippen molar-refractivity contribution in [1.29, 1.82) is 0 Å². The topological polar surface area (TPSA) is 70.1 Å². The van der Waals surface area contributed by atoms with E-state index in [1.807, 2.05) is 4.57 Å². The highest BCUT2D eigenvalue weighted by atomic mass is 16.5. The maximum absolute atomic E-state index is 11.6. The van der Waals surface area contributed by atoms with Gasteiger partial charge >= 0.3 is 5.97 Å². The summed E-state index contributed by atoms with van der Waals surface area (Å²) in [6.45, 7) is 6.62. The number of ether oxygens (including phenoxy) is 1. The summed E-state index contributed by atoms with van der Waals surface area (Å²) in [6.07, 6.45) is 4.98. The average Bonchev–Trinajstić information content (AvgIpc) is 2.82. The van der Waals surface area contributed by atoms with Crippen LogP contribution >= 0.6 is 0 Å². The van der Waals surface area contributed by atoms with E-state index in [0.717, 1.165) is 12.8 Å². The van der Waals surface area contributed by atoms with Gasteiger partial charge < -0.3 is 15.0 Å². The number of carbonyl (C=O) groups is 1. The van der Waals surface area contributed by atoms with Gasteiger partial charge in [0.1, 0.15) is 5.82 Å². The lowest BCUT2D eigenvalue weighted by Crippen LogP contribution is -2.13. The molecule has 100 valence electrons. The summed E-state index contributed by atoms with van der Waals surface area (Å²) >= 11 is 0. The van der Waals surface area contributed by atoms with Gasteiger partial charge in [0, 0.05) is 6.04 Å². The first-order chi connectivity index (χ1) is 8.44. The number of rotatable bonds is 3. The molecule has 1 aliphatic carbocycles. The fraction of sp³-hybridized carbons (Fsp3) is 0.692. The van der Waals surface area contributed by atoms with Crippen LogP contribution in [0.2, 0.25) is 0 Å². The molecule has 1 aliphatic rings. The Labute approximate surface area is 107 Å². The highest BCUT2D eigenvalue weighted by Gasteiger charge is 2.33. The quantitative estimate of drug-likeness (QED) is 0.837. The van der Waals surface area contributed by atoms with E-state index in [0.29, 0.717) is 23.9 Å². The second kappa shape index (κ2) is 4.63. The van der Waals surface area contributed by atoms with Crippen molar-refractivity contribution < 1.29 is 9.53 Å². The SMILES string of the molecule is CCOC(=O)c1ncn(C2CCC(C)(C)C2)c1N. The molecule has 2 rings (SSSR count). The molecule has 1 aromatic heterocycles. The fourth-order valence-corrected chi connectivity index (χ4v) is 2.66. The van der Waals surface area contributed by atoms with Gasteiger partial charge in [-0.25, -0.2) is 9.78 Å². The molecule has 0 aliphatic heterocycles. The highest BCUT2D eigenvalue weighted by molar-refractivity contribution is 5.92. The minimum absolute atomic E-state index is 0.238. The van der Waals surface area contributed by atoms with Crippen LogP contribution in [0.3, 0.4) is 0 Å². The van der Waals surface area contributed by atoms with Gasteiger partial charge in [0.2, 0.25) is 0 Å². The summed E-state index contributed by atoms with van der Waals surface area (Å²) in [5.41, 5.74) is 6.58. The summed E-state index contributed by atoms with van der Waals surface area (Å²) in [4.78, 5) is 15.7. The normalized spacial score (nSPS) is 22.1. The van der Waals surface area contributed by atoms with Crippen LogP contribution in [0.25, 0.3) is 0 Å². The van der Waals surface area contributed by atoms with Crippen LogP contribution in [-0.4, -0.2) is 22.1 Å². The van der Waals surface area contributed by atoms with Gasteiger partial charge in [-0.3, -0.25) is 0 Å². The zero-order valence-corrected chi connectivity index (χ0v) is 11.3. The second-order valence-electron chi connectivity index (χ2n) is 5.67. The van der Waals surface area contributed by atoms with Crippen LogP contribution in [0.5, 0.6) is 0 Å². The number of nitrogens with two attached hydrogens (primary N) is 1. The van der Waals surface area contributed by atoms with E-state index in [1.165, 1.54) is 6.42 Å². The van der Waals surface area contributed by atoms with E-state index in [4.69, 9.17) is 10.5 Å². The average molecular weight is 251 g/mol. The summed E-state index contributed by atoms with van der Waals surface area (Å²) in [6, 6.07) is 0.343. The molecule has 0 radical (unpaired) electrons. The van der Waals surface area contributed by atoms with E-state index >= 15 is 0 Å². The zero-order valence-electron chi connectivity index (χ0n) is 11.3. The van der Waals surface area contributed by atoms with Crippen LogP contribution in [0.4, 0.5) is 5.82 Å². The van der Waals surface area contributed by atoms with Crippen LogP contribution in [0.15, 0.2) is 6.33 Å². The Morgan fingerprint density at radius 2 is 2.39 bits per heavy atom. The summed E-state index contributed by atoms with van der Waals surface area (Å²) < 4.78 is 6.85. The molecular weight excluding hydrogens is 230 g/mol. The molecule has 0 bridgehead atoms. The van der Waals surface area contributed by atoms with Gasteiger partial charge in [0.05, 0.1) is 12.9 Å². The van der Waals surface area contributed by atoms with Gasteiger partial charge in [0.25, 0.3) is 0 Å². The molecule has 2 N–H and O–H groups in total. The molecule has 0 amide bonds.